The fraction of sp³-hybridized carbons (Fsp3) is 0.500. The number of hydrogen-bond acceptors (Lipinski definition) is 8. The third-order valence-electron chi connectivity index (χ3n) is 6.99. The molecule has 0 aliphatic carbocycles. The molecule has 0 unspecified atom stereocenters. The maximum atomic E-state index is 11.6. The van der Waals surface area contributed by atoms with Gasteiger partial charge in [-0.15, -0.1) is 10.2 Å². The number of piperidine rings is 1. The van der Waals surface area contributed by atoms with Crippen molar-refractivity contribution in [2.24, 2.45) is 0 Å². The average molecular weight is 538 g/mol. The molecule has 1 aromatic heterocycles. The zero-order valence-electron chi connectivity index (χ0n) is 22.6. The van der Waals surface area contributed by atoms with Crippen molar-refractivity contribution >= 4 is 17.3 Å². The van der Waals surface area contributed by atoms with Gasteiger partial charge in [-0.2, -0.15) is 0 Å². The minimum atomic E-state index is -0.349. The molecule has 0 radical (unpaired) electrons. The minimum absolute atomic E-state index is 0.277. The molecule has 1 aliphatic heterocycles. The largest absolute Gasteiger partial charge is 0.490 e. The monoisotopic (exact) mass is 537 g/mol. The zero-order chi connectivity index (χ0) is 26.6. The van der Waals surface area contributed by atoms with Crippen LogP contribution < -0.4 is 4.74 Å². The molecule has 0 spiro atoms. The van der Waals surface area contributed by atoms with Crippen LogP contribution in [0.1, 0.15) is 61.7 Å². The van der Waals surface area contributed by atoms with E-state index in [1.54, 1.807) is 19.2 Å². The molecule has 2 heterocycles. The van der Waals surface area contributed by atoms with Crippen molar-refractivity contribution in [3.63, 3.8) is 0 Å². The number of hydrogen-bond donors (Lipinski definition) is 0. The van der Waals surface area contributed by atoms with Crippen LogP contribution in [0.15, 0.2) is 48.5 Å². The number of esters is 1. The van der Waals surface area contributed by atoms with Gasteiger partial charge in [0, 0.05) is 37.9 Å². The third kappa shape index (κ3) is 8.35. The highest BCUT2D eigenvalue weighted by molar-refractivity contribution is 7.17. The van der Waals surface area contributed by atoms with Gasteiger partial charge in [-0.05, 0) is 68.6 Å². The summed E-state index contributed by atoms with van der Waals surface area (Å²) in [5.41, 5.74) is 2.45. The molecule has 3 aromatic rings. The molecule has 7 nitrogen and oxygen atoms in total. The summed E-state index contributed by atoms with van der Waals surface area (Å²) in [6.07, 6.45) is 10.2. The normalized spacial score (nSPS) is 14.5. The number of ether oxygens (including phenoxy) is 3. The molecular formula is C30H39N3O4S. The topological polar surface area (TPSA) is 73.8 Å². The van der Waals surface area contributed by atoms with Gasteiger partial charge in [0.25, 0.3) is 0 Å². The Labute approximate surface area is 230 Å². The Kier molecular flexibility index (Phi) is 11.1. The van der Waals surface area contributed by atoms with Crippen LogP contribution in [-0.4, -0.2) is 67.6 Å². The molecule has 0 saturated carbocycles. The molecular weight excluding hydrogens is 498 g/mol. The number of aromatic nitrogens is 2. The van der Waals surface area contributed by atoms with Crippen molar-refractivity contribution in [3.05, 3.63) is 54.1 Å². The summed E-state index contributed by atoms with van der Waals surface area (Å²) < 4.78 is 16.2. The maximum Gasteiger partial charge on any atom is 0.337 e. The molecule has 1 fully saturated rings. The second kappa shape index (κ2) is 15.0. The summed E-state index contributed by atoms with van der Waals surface area (Å²) in [7, 11) is 3.16. The van der Waals surface area contributed by atoms with Crippen molar-refractivity contribution < 1.29 is 19.0 Å². The fourth-order valence-corrected chi connectivity index (χ4v) is 5.59. The minimum Gasteiger partial charge on any atom is -0.490 e. The van der Waals surface area contributed by atoms with Gasteiger partial charge in [-0.25, -0.2) is 4.79 Å². The van der Waals surface area contributed by atoms with Crippen LogP contribution in [0.3, 0.4) is 0 Å². The second-order valence-electron chi connectivity index (χ2n) is 9.78. The second-order valence-corrected chi connectivity index (χ2v) is 10.8. The van der Waals surface area contributed by atoms with Crippen LogP contribution >= 0.6 is 11.3 Å². The van der Waals surface area contributed by atoms with Crippen molar-refractivity contribution in [1.29, 1.82) is 0 Å². The van der Waals surface area contributed by atoms with Crippen LogP contribution in [-0.2, 0) is 9.47 Å². The number of benzene rings is 2. The lowest BCUT2D eigenvalue weighted by Crippen LogP contribution is -2.38. The van der Waals surface area contributed by atoms with Gasteiger partial charge in [0.2, 0.25) is 0 Å². The lowest BCUT2D eigenvalue weighted by atomic mass is 10.1. The van der Waals surface area contributed by atoms with E-state index >= 15 is 0 Å². The highest BCUT2D eigenvalue weighted by Crippen LogP contribution is 2.31. The predicted molar refractivity (Wildman–Crippen MR) is 152 cm³/mol. The quantitative estimate of drug-likeness (QED) is 0.172. The fourth-order valence-electron chi connectivity index (χ4n) is 4.73. The molecule has 0 bridgehead atoms. The summed E-state index contributed by atoms with van der Waals surface area (Å²) >= 11 is 1.52. The van der Waals surface area contributed by atoms with Gasteiger partial charge in [-0.1, -0.05) is 49.2 Å². The molecule has 0 N–H and O–H groups in total. The molecule has 4 rings (SSSR count). The first kappa shape index (κ1) is 28.2. The van der Waals surface area contributed by atoms with E-state index in [9.17, 15) is 4.79 Å². The van der Waals surface area contributed by atoms with E-state index < -0.39 is 0 Å². The summed E-state index contributed by atoms with van der Waals surface area (Å²) in [5, 5.41) is 10.4. The Morgan fingerprint density at radius 3 is 2.03 bits per heavy atom. The Balaban J connectivity index is 1.18. The summed E-state index contributed by atoms with van der Waals surface area (Å²) in [6.45, 7) is 4.33. The van der Waals surface area contributed by atoms with Crippen molar-refractivity contribution in [3.8, 4) is 26.9 Å². The number of nitrogens with zero attached hydrogens (tertiary/aromatic N) is 3. The molecule has 0 atom stereocenters. The first-order chi connectivity index (χ1) is 18.7. The predicted octanol–water partition coefficient (Wildman–Crippen LogP) is 6.49. The van der Waals surface area contributed by atoms with Crippen molar-refractivity contribution in [2.75, 3.05) is 40.5 Å². The number of methoxy groups -OCH3 is 2. The SMILES string of the molecule is COCCCCCCCCN1CCC(Oc2ccc(-c3nnc(-c4ccc(C(=O)OC)cc4)s3)cc2)CC1. The van der Waals surface area contributed by atoms with Gasteiger partial charge >= 0.3 is 5.97 Å². The Hall–Kier alpha value is -2.81. The molecule has 204 valence electrons. The van der Waals surface area contributed by atoms with E-state index in [4.69, 9.17) is 14.2 Å². The van der Waals surface area contributed by atoms with Gasteiger partial charge in [0.05, 0.1) is 12.7 Å². The number of carbonyl (C=O) groups excluding carboxylic acids is 1. The van der Waals surface area contributed by atoms with E-state index in [1.807, 2.05) is 36.4 Å². The van der Waals surface area contributed by atoms with Gasteiger partial charge in [0.1, 0.15) is 21.9 Å². The third-order valence-corrected chi connectivity index (χ3v) is 8.01. The molecule has 38 heavy (non-hydrogen) atoms. The van der Waals surface area contributed by atoms with E-state index in [-0.39, 0.29) is 12.1 Å². The highest BCUT2D eigenvalue weighted by Gasteiger charge is 2.20. The van der Waals surface area contributed by atoms with Crippen LogP contribution in [0.5, 0.6) is 5.75 Å². The number of rotatable bonds is 14. The smallest absolute Gasteiger partial charge is 0.337 e. The van der Waals surface area contributed by atoms with Gasteiger partial charge in [0.15, 0.2) is 0 Å². The summed E-state index contributed by atoms with van der Waals surface area (Å²) in [4.78, 5) is 14.2. The number of likely N-dealkylation sites (tertiary alicyclic amines) is 1. The Bertz CT molecular complexity index is 1110. The molecule has 0 amide bonds. The lowest BCUT2D eigenvalue weighted by molar-refractivity contribution is 0.0600. The Morgan fingerprint density at radius 1 is 0.842 bits per heavy atom. The lowest BCUT2D eigenvalue weighted by Gasteiger charge is -2.32. The average Bonchev–Trinajstić information content (AvgIpc) is 3.46. The van der Waals surface area contributed by atoms with E-state index in [1.165, 1.54) is 63.5 Å². The van der Waals surface area contributed by atoms with Crippen molar-refractivity contribution in [2.45, 2.75) is 57.5 Å². The van der Waals surface area contributed by atoms with Crippen LogP contribution in [0.4, 0.5) is 0 Å². The zero-order valence-corrected chi connectivity index (χ0v) is 23.4. The molecule has 8 heteroatoms. The van der Waals surface area contributed by atoms with Gasteiger partial charge in [-0.3, -0.25) is 0 Å². The molecule has 2 aromatic carbocycles. The van der Waals surface area contributed by atoms with Gasteiger partial charge < -0.3 is 19.1 Å². The van der Waals surface area contributed by atoms with E-state index in [0.29, 0.717) is 5.56 Å². The van der Waals surface area contributed by atoms with E-state index in [2.05, 4.69) is 15.1 Å². The highest BCUT2D eigenvalue weighted by atomic mass is 32.1. The molecule has 1 aliphatic rings. The van der Waals surface area contributed by atoms with Crippen molar-refractivity contribution in [1.82, 2.24) is 15.1 Å². The summed E-state index contributed by atoms with van der Waals surface area (Å²) in [5.74, 6) is 0.557. The summed E-state index contributed by atoms with van der Waals surface area (Å²) in [6, 6.07) is 15.4. The Morgan fingerprint density at radius 2 is 1.42 bits per heavy atom. The number of unbranched alkanes of at least 4 members (excludes halogenated alkanes) is 5. The maximum absolute atomic E-state index is 11.6. The van der Waals surface area contributed by atoms with Crippen LogP contribution in [0, 0.1) is 0 Å². The van der Waals surface area contributed by atoms with Crippen LogP contribution in [0.2, 0.25) is 0 Å². The first-order valence-corrected chi connectivity index (χ1v) is 14.5. The first-order valence-electron chi connectivity index (χ1n) is 13.7. The standard InChI is InChI=1S/C30H39N3O4S/c1-35-22-8-6-4-3-5-7-19-33-20-17-27(18-21-33)37-26-15-13-24(14-16-26)29-32-31-28(38-29)23-9-11-25(12-10-23)30(34)36-2/h9-16,27H,3-8,17-22H2,1-2H3. The van der Waals surface area contributed by atoms with E-state index in [0.717, 1.165) is 59.4 Å². The van der Waals surface area contributed by atoms with Crippen LogP contribution in [0.25, 0.3) is 21.1 Å². The molecule has 1 saturated heterocycles. The number of carbonyl (C=O) groups is 1.